The van der Waals surface area contributed by atoms with Gasteiger partial charge in [-0.2, -0.15) is 5.10 Å². The Hall–Kier alpha value is -4.04. The number of aromatic nitrogens is 3. The molecule has 8 heteroatoms. The number of nitrogens with zero attached hydrogens (tertiary/aromatic N) is 3. The molecule has 1 atom stereocenters. The molecule has 8 nitrogen and oxygen atoms in total. The van der Waals surface area contributed by atoms with Crippen LogP contribution in [0, 0.1) is 6.92 Å². The Morgan fingerprint density at radius 3 is 2.68 bits per heavy atom. The van der Waals surface area contributed by atoms with Gasteiger partial charge in [0, 0.05) is 36.2 Å². The summed E-state index contributed by atoms with van der Waals surface area (Å²) in [5.41, 5.74) is 8.02. The Bertz CT molecular complexity index is 1360. The first-order valence-electron chi connectivity index (χ1n) is 11.1. The number of nitrogens with one attached hydrogen (secondary N) is 2. The van der Waals surface area contributed by atoms with Crippen LogP contribution < -0.4 is 16.6 Å². The smallest absolute Gasteiger partial charge is 0.252 e. The summed E-state index contributed by atoms with van der Waals surface area (Å²) >= 11 is 0. The molecule has 0 aliphatic rings. The fourth-order valence-electron chi connectivity index (χ4n) is 4.17. The van der Waals surface area contributed by atoms with Crippen molar-refractivity contribution in [2.45, 2.75) is 32.7 Å². The number of carbonyl (C=O) groups excluding carboxylic acids is 2. The van der Waals surface area contributed by atoms with Gasteiger partial charge in [-0.15, -0.1) is 0 Å². The highest BCUT2D eigenvalue weighted by Gasteiger charge is 2.19. The van der Waals surface area contributed by atoms with Crippen LogP contribution in [0.3, 0.4) is 0 Å². The quantitative estimate of drug-likeness (QED) is 0.224. The lowest BCUT2D eigenvalue weighted by atomic mass is 9.96. The molecular weight excluding hydrogens is 428 g/mol. The van der Waals surface area contributed by atoms with E-state index in [0.717, 1.165) is 38.9 Å². The summed E-state index contributed by atoms with van der Waals surface area (Å²) in [5, 5.41) is 8.38. The van der Waals surface area contributed by atoms with Gasteiger partial charge in [0.15, 0.2) is 0 Å². The maximum Gasteiger partial charge on any atom is 0.252 e. The minimum absolute atomic E-state index is 0.192. The van der Waals surface area contributed by atoms with Crippen LogP contribution in [0.2, 0.25) is 0 Å². The molecule has 4 aromatic rings. The molecule has 174 valence electrons. The fourth-order valence-corrected chi connectivity index (χ4v) is 4.17. The van der Waals surface area contributed by atoms with Crippen molar-refractivity contribution in [1.29, 1.82) is 0 Å². The zero-order chi connectivity index (χ0) is 24.2. The minimum atomic E-state index is -0.281. The van der Waals surface area contributed by atoms with Gasteiger partial charge in [-0.3, -0.25) is 19.7 Å². The highest BCUT2D eigenvalue weighted by Crippen LogP contribution is 2.29. The third-order valence-electron chi connectivity index (χ3n) is 5.98. The zero-order valence-electron chi connectivity index (χ0n) is 19.5. The van der Waals surface area contributed by atoms with Gasteiger partial charge in [0.05, 0.1) is 23.4 Å². The number of aryl methyl sites for hydroxylation is 2. The first kappa shape index (κ1) is 23.1. The molecule has 0 unspecified atom stereocenters. The van der Waals surface area contributed by atoms with Crippen molar-refractivity contribution in [3.8, 4) is 11.3 Å². The first-order chi connectivity index (χ1) is 16.4. The molecule has 0 radical (unpaired) electrons. The molecule has 0 aliphatic heterocycles. The average Bonchev–Trinajstić information content (AvgIpc) is 3.28. The number of benzene rings is 2. The van der Waals surface area contributed by atoms with E-state index in [2.05, 4.69) is 15.8 Å². The van der Waals surface area contributed by atoms with E-state index < -0.39 is 0 Å². The summed E-state index contributed by atoms with van der Waals surface area (Å²) in [4.78, 5) is 29.8. The van der Waals surface area contributed by atoms with Gasteiger partial charge in [-0.05, 0) is 55.2 Å². The number of fused-ring (bicyclic) bond motifs is 1. The summed E-state index contributed by atoms with van der Waals surface area (Å²) in [5.74, 6) is 4.75. The molecule has 2 amide bonds. The Balaban J connectivity index is 1.66. The molecule has 2 heterocycles. The SMILES string of the molecule is Cc1cccc(C(=O)N[C@H](C)c2cc(-c3cnn(C)c3)nc3ccccc23)c1CCC(=O)NN. The van der Waals surface area contributed by atoms with Crippen molar-refractivity contribution in [3.63, 3.8) is 0 Å². The Morgan fingerprint density at radius 2 is 1.94 bits per heavy atom. The van der Waals surface area contributed by atoms with E-state index in [1.165, 1.54) is 0 Å². The topological polar surface area (TPSA) is 115 Å². The van der Waals surface area contributed by atoms with Crippen LogP contribution in [-0.4, -0.2) is 26.6 Å². The minimum Gasteiger partial charge on any atom is -0.345 e. The summed E-state index contributed by atoms with van der Waals surface area (Å²) < 4.78 is 1.74. The standard InChI is InChI=1S/C26H28N6O2/c1-16-7-6-9-21(19(16)11-12-25(33)31-27)26(34)29-17(2)22-13-24(18-14-28-32(3)15-18)30-23-10-5-4-8-20(22)23/h4-10,13-15,17H,11-12,27H2,1-3H3,(H,29,34)(H,31,33)/t17-/m1/s1. The number of rotatable bonds is 7. The lowest BCUT2D eigenvalue weighted by Crippen LogP contribution is -2.31. The zero-order valence-corrected chi connectivity index (χ0v) is 19.5. The molecule has 4 N–H and O–H groups in total. The number of nitrogens with two attached hydrogens (primary N) is 1. The number of hydrazine groups is 1. The molecule has 0 aliphatic carbocycles. The van der Waals surface area contributed by atoms with E-state index in [-0.39, 0.29) is 24.3 Å². The summed E-state index contributed by atoms with van der Waals surface area (Å²) in [6.45, 7) is 3.90. The van der Waals surface area contributed by atoms with Crippen LogP contribution in [0.15, 0.2) is 60.9 Å². The van der Waals surface area contributed by atoms with E-state index in [1.807, 2.05) is 69.6 Å². The van der Waals surface area contributed by atoms with Crippen LogP contribution in [0.25, 0.3) is 22.2 Å². The van der Waals surface area contributed by atoms with Gasteiger partial charge in [-0.25, -0.2) is 10.8 Å². The molecule has 4 rings (SSSR count). The van der Waals surface area contributed by atoms with Crippen molar-refractivity contribution in [1.82, 2.24) is 25.5 Å². The molecule has 0 saturated heterocycles. The van der Waals surface area contributed by atoms with Gasteiger partial charge < -0.3 is 5.32 Å². The molecule has 2 aromatic carbocycles. The summed E-state index contributed by atoms with van der Waals surface area (Å²) in [6.07, 6.45) is 4.33. The number of para-hydroxylation sites is 1. The Morgan fingerprint density at radius 1 is 1.15 bits per heavy atom. The van der Waals surface area contributed by atoms with Crippen LogP contribution in [0.4, 0.5) is 0 Å². The fraction of sp³-hybridized carbons (Fsp3) is 0.231. The second kappa shape index (κ2) is 9.84. The molecular formula is C26H28N6O2. The van der Waals surface area contributed by atoms with E-state index in [0.29, 0.717) is 12.0 Å². The molecule has 34 heavy (non-hydrogen) atoms. The van der Waals surface area contributed by atoms with Gasteiger partial charge in [0.25, 0.3) is 5.91 Å². The number of hydrogen-bond donors (Lipinski definition) is 3. The third-order valence-corrected chi connectivity index (χ3v) is 5.98. The van der Waals surface area contributed by atoms with Gasteiger partial charge in [0.2, 0.25) is 5.91 Å². The Kier molecular flexibility index (Phi) is 6.70. The van der Waals surface area contributed by atoms with Gasteiger partial charge in [0.1, 0.15) is 0 Å². The number of amides is 2. The summed E-state index contributed by atoms with van der Waals surface area (Å²) in [7, 11) is 1.87. The van der Waals surface area contributed by atoms with Gasteiger partial charge >= 0.3 is 0 Å². The predicted molar refractivity (Wildman–Crippen MR) is 132 cm³/mol. The van der Waals surface area contributed by atoms with E-state index in [4.69, 9.17) is 10.8 Å². The van der Waals surface area contributed by atoms with Crippen LogP contribution in [-0.2, 0) is 18.3 Å². The molecule has 0 bridgehead atoms. The maximum absolute atomic E-state index is 13.3. The molecule has 0 fully saturated rings. The van der Waals surface area contributed by atoms with Crippen molar-refractivity contribution in [2.24, 2.45) is 12.9 Å². The molecule has 0 saturated carbocycles. The highest BCUT2D eigenvalue weighted by molar-refractivity contribution is 5.97. The molecule has 0 spiro atoms. The first-order valence-corrected chi connectivity index (χ1v) is 11.1. The maximum atomic E-state index is 13.3. The van der Waals surface area contributed by atoms with E-state index in [9.17, 15) is 9.59 Å². The van der Waals surface area contributed by atoms with Crippen molar-refractivity contribution in [2.75, 3.05) is 0 Å². The average molecular weight is 457 g/mol. The largest absolute Gasteiger partial charge is 0.345 e. The van der Waals surface area contributed by atoms with Crippen molar-refractivity contribution in [3.05, 3.63) is 83.2 Å². The van der Waals surface area contributed by atoms with Crippen LogP contribution >= 0.6 is 0 Å². The van der Waals surface area contributed by atoms with Crippen LogP contribution in [0.1, 0.15) is 46.4 Å². The number of hydrogen-bond acceptors (Lipinski definition) is 5. The third kappa shape index (κ3) is 4.82. The second-order valence-electron chi connectivity index (χ2n) is 8.38. The lowest BCUT2D eigenvalue weighted by Gasteiger charge is -2.19. The highest BCUT2D eigenvalue weighted by atomic mass is 16.2. The van der Waals surface area contributed by atoms with Crippen LogP contribution in [0.5, 0.6) is 0 Å². The van der Waals surface area contributed by atoms with E-state index >= 15 is 0 Å². The lowest BCUT2D eigenvalue weighted by molar-refractivity contribution is -0.121. The van der Waals surface area contributed by atoms with Crippen molar-refractivity contribution >= 4 is 22.7 Å². The van der Waals surface area contributed by atoms with Gasteiger partial charge in [-0.1, -0.05) is 30.3 Å². The predicted octanol–water partition coefficient (Wildman–Crippen LogP) is 3.36. The number of pyridine rings is 1. The van der Waals surface area contributed by atoms with E-state index in [1.54, 1.807) is 16.9 Å². The second-order valence-corrected chi connectivity index (χ2v) is 8.38. The number of carbonyl (C=O) groups is 2. The summed E-state index contributed by atoms with van der Waals surface area (Å²) in [6, 6.07) is 15.2. The monoisotopic (exact) mass is 456 g/mol. The Labute approximate surface area is 198 Å². The van der Waals surface area contributed by atoms with Crippen molar-refractivity contribution < 1.29 is 9.59 Å². The normalized spacial score (nSPS) is 11.9. The molecule has 2 aromatic heterocycles.